The number of hydrogen-bond donors (Lipinski definition) is 1. The lowest BCUT2D eigenvalue weighted by atomic mass is 9.53. The minimum atomic E-state index is -0.790. The molecule has 1 atom stereocenters. The molecule has 4 saturated carbocycles. The largest absolute Gasteiger partial charge is 0.350 e. The highest BCUT2D eigenvalue weighted by atomic mass is 35.5. The summed E-state index contributed by atoms with van der Waals surface area (Å²) in [4.78, 5) is 27.4. The summed E-state index contributed by atoms with van der Waals surface area (Å²) in [7, 11) is 0. The van der Waals surface area contributed by atoms with Gasteiger partial charge in [0.15, 0.2) is 0 Å². The van der Waals surface area contributed by atoms with Gasteiger partial charge in [0, 0.05) is 28.7 Å². The predicted molar refractivity (Wildman–Crippen MR) is 138 cm³/mol. The molecule has 2 amide bonds. The minimum absolute atomic E-state index is 0.140. The molecule has 5 aliphatic rings. The van der Waals surface area contributed by atoms with Crippen molar-refractivity contribution in [2.24, 2.45) is 23.7 Å². The molecule has 2 aromatic rings. The Morgan fingerprint density at radius 1 is 0.914 bits per heavy atom. The summed E-state index contributed by atoms with van der Waals surface area (Å²) in [5, 5.41) is 8.36. The Bertz CT molecular complexity index is 1130. The maximum absolute atomic E-state index is 13.7. The zero-order valence-electron chi connectivity index (χ0n) is 19.4. The van der Waals surface area contributed by atoms with E-state index in [1.807, 2.05) is 29.3 Å². The number of benzene rings is 2. The van der Waals surface area contributed by atoms with Gasteiger partial charge in [-0.25, -0.2) is 10.0 Å². The lowest BCUT2D eigenvalue weighted by Crippen LogP contribution is -2.61. The Hall–Kier alpha value is -1.79. The lowest BCUT2D eigenvalue weighted by molar-refractivity contribution is -0.135. The van der Waals surface area contributed by atoms with Gasteiger partial charge in [-0.2, -0.15) is 0 Å². The number of nitrogens with zero attached hydrogens (tertiary/aromatic N) is 2. The van der Waals surface area contributed by atoms with E-state index in [4.69, 9.17) is 34.8 Å². The van der Waals surface area contributed by atoms with Gasteiger partial charge in [0.25, 0.3) is 5.91 Å². The Kier molecular flexibility index (Phi) is 6.03. The average Bonchev–Trinajstić information content (AvgIpc) is 3.10. The van der Waals surface area contributed by atoms with Gasteiger partial charge in [0.05, 0.1) is 10.7 Å². The van der Waals surface area contributed by atoms with Crippen molar-refractivity contribution in [1.82, 2.24) is 10.3 Å². The number of hydrazine groups is 1. The van der Waals surface area contributed by atoms with Crippen LogP contribution in [0.15, 0.2) is 42.5 Å². The highest BCUT2D eigenvalue weighted by molar-refractivity contribution is 6.37. The topological polar surface area (TPSA) is 52.7 Å². The van der Waals surface area contributed by atoms with Gasteiger partial charge in [-0.3, -0.25) is 9.59 Å². The van der Waals surface area contributed by atoms with E-state index in [9.17, 15) is 9.59 Å². The summed E-state index contributed by atoms with van der Waals surface area (Å²) in [6, 6.07) is 12.6. The van der Waals surface area contributed by atoms with Crippen LogP contribution in [0.2, 0.25) is 15.1 Å². The third-order valence-corrected chi connectivity index (χ3v) is 9.13. The molecule has 35 heavy (non-hydrogen) atoms. The summed E-state index contributed by atoms with van der Waals surface area (Å²) in [5.74, 6) is 0.933. The molecule has 1 aliphatic heterocycles. The van der Waals surface area contributed by atoms with Gasteiger partial charge in [-0.05, 0) is 92.2 Å². The first-order valence-corrected chi connectivity index (χ1v) is 13.5. The number of carbonyl (C=O) groups is 2. The molecular formula is C27H28Cl3N3O2. The molecular weight excluding hydrogens is 505 g/mol. The first-order chi connectivity index (χ1) is 16.8. The molecule has 4 bridgehead atoms. The summed E-state index contributed by atoms with van der Waals surface area (Å²) >= 11 is 18.7. The van der Waals surface area contributed by atoms with Crippen molar-refractivity contribution in [3.05, 3.63) is 63.1 Å². The van der Waals surface area contributed by atoms with E-state index < -0.39 is 5.92 Å². The molecule has 8 heteroatoms. The lowest BCUT2D eigenvalue weighted by Gasteiger charge is -2.57. The SMILES string of the molecule is O=C(NC12CC3CC(CC(C3)C1)C2)C1CN(Cc2ccc(Cl)cc2)N(c2ccc(Cl)cc2Cl)C1=O. The van der Waals surface area contributed by atoms with Gasteiger partial charge in [0.2, 0.25) is 5.91 Å². The monoisotopic (exact) mass is 531 g/mol. The molecule has 1 N–H and O–H groups in total. The Balaban J connectivity index is 1.27. The van der Waals surface area contributed by atoms with Gasteiger partial charge in [-0.1, -0.05) is 46.9 Å². The fraction of sp³-hybridized carbons (Fsp3) is 0.481. The van der Waals surface area contributed by atoms with Crippen molar-refractivity contribution < 1.29 is 9.59 Å². The second-order valence-corrected chi connectivity index (χ2v) is 12.2. The summed E-state index contributed by atoms with van der Waals surface area (Å²) in [6.45, 7) is 0.738. The Morgan fingerprint density at radius 2 is 1.51 bits per heavy atom. The molecule has 5 fully saturated rings. The molecule has 0 radical (unpaired) electrons. The number of amides is 2. The van der Waals surface area contributed by atoms with E-state index in [1.165, 1.54) is 19.3 Å². The van der Waals surface area contributed by atoms with E-state index >= 15 is 0 Å². The van der Waals surface area contributed by atoms with Crippen LogP contribution in [0.25, 0.3) is 0 Å². The smallest absolute Gasteiger partial charge is 0.255 e. The van der Waals surface area contributed by atoms with Gasteiger partial charge >= 0.3 is 0 Å². The van der Waals surface area contributed by atoms with Crippen LogP contribution in [0.1, 0.15) is 44.1 Å². The molecule has 1 unspecified atom stereocenters. The van der Waals surface area contributed by atoms with Crippen molar-refractivity contribution in [1.29, 1.82) is 0 Å². The van der Waals surface area contributed by atoms with Crippen LogP contribution in [0.5, 0.6) is 0 Å². The third kappa shape index (κ3) is 4.46. The molecule has 4 aliphatic carbocycles. The van der Waals surface area contributed by atoms with E-state index in [0.29, 0.717) is 51.6 Å². The Morgan fingerprint density at radius 3 is 2.11 bits per heavy atom. The maximum atomic E-state index is 13.7. The van der Waals surface area contributed by atoms with Crippen molar-refractivity contribution >= 4 is 52.3 Å². The maximum Gasteiger partial charge on any atom is 0.255 e. The van der Waals surface area contributed by atoms with E-state index in [0.717, 1.165) is 24.8 Å². The van der Waals surface area contributed by atoms with Crippen LogP contribution < -0.4 is 10.3 Å². The van der Waals surface area contributed by atoms with Gasteiger partial charge in [-0.15, -0.1) is 0 Å². The van der Waals surface area contributed by atoms with Crippen LogP contribution in [-0.4, -0.2) is 28.9 Å². The molecule has 1 heterocycles. The average molecular weight is 533 g/mol. The molecule has 0 spiro atoms. The zero-order chi connectivity index (χ0) is 24.3. The molecule has 184 valence electrons. The van der Waals surface area contributed by atoms with Gasteiger partial charge in [0.1, 0.15) is 5.92 Å². The fourth-order valence-corrected chi connectivity index (χ4v) is 7.94. The molecule has 2 aromatic carbocycles. The summed E-state index contributed by atoms with van der Waals surface area (Å²) < 4.78 is 0. The number of halogens is 3. The highest BCUT2D eigenvalue weighted by Crippen LogP contribution is 2.55. The van der Waals surface area contributed by atoms with Crippen molar-refractivity contribution in [2.75, 3.05) is 11.6 Å². The van der Waals surface area contributed by atoms with Crippen molar-refractivity contribution in [2.45, 2.75) is 50.6 Å². The van der Waals surface area contributed by atoms with Crippen LogP contribution in [-0.2, 0) is 16.1 Å². The predicted octanol–water partition coefficient (Wildman–Crippen LogP) is 6.11. The quantitative estimate of drug-likeness (QED) is 0.473. The zero-order valence-corrected chi connectivity index (χ0v) is 21.6. The first kappa shape index (κ1) is 23.6. The minimum Gasteiger partial charge on any atom is -0.350 e. The van der Waals surface area contributed by atoms with Gasteiger partial charge < -0.3 is 5.32 Å². The number of rotatable bonds is 5. The van der Waals surface area contributed by atoms with Crippen LogP contribution in [0.3, 0.4) is 0 Å². The molecule has 5 nitrogen and oxygen atoms in total. The molecule has 0 aromatic heterocycles. The Labute approximate surface area is 220 Å². The molecule has 7 rings (SSSR count). The summed E-state index contributed by atoms with van der Waals surface area (Å²) in [5.41, 5.74) is 1.37. The second kappa shape index (κ2) is 8.95. The summed E-state index contributed by atoms with van der Waals surface area (Å²) in [6.07, 6.45) is 7.05. The standard InChI is InChI=1S/C27H28Cl3N3O2/c28-20-3-1-16(2-4-20)14-32-15-22(26(35)33(32)24-6-5-21(29)10-23(24)30)25(34)31-27-11-17-7-18(12-27)9-19(8-17)13-27/h1-6,10,17-19,22H,7-9,11-15H2,(H,31,34). The second-order valence-electron chi connectivity index (χ2n) is 11.0. The number of carbonyl (C=O) groups excluding carboxylic acids is 2. The van der Waals surface area contributed by atoms with Crippen LogP contribution >= 0.6 is 34.8 Å². The number of nitrogens with one attached hydrogen (secondary N) is 1. The van der Waals surface area contributed by atoms with E-state index in [1.54, 1.807) is 23.2 Å². The third-order valence-electron chi connectivity index (χ3n) is 8.34. The van der Waals surface area contributed by atoms with Crippen LogP contribution in [0.4, 0.5) is 5.69 Å². The highest BCUT2D eigenvalue weighted by Gasteiger charge is 2.53. The fourth-order valence-electron chi connectivity index (χ4n) is 7.32. The molecule has 1 saturated heterocycles. The van der Waals surface area contributed by atoms with E-state index in [2.05, 4.69) is 5.32 Å². The first-order valence-electron chi connectivity index (χ1n) is 12.4. The number of hydrogen-bond acceptors (Lipinski definition) is 3. The normalized spacial score (nSPS) is 31.9. The number of anilines is 1. The van der Waals surface area contributed by atoms with Crippen molar-refractivity contribution in [3.8, 4) is 0 Å². The van der Waals surface area contributed by atoms with Crippen LogP contribution in [0, 0.1) is 23.7 Å². The van der Waals surface area contributed by atoms with E-state index in [-0.39, 0.29) is 17.4 Å². The van der Waals surface area contributed by atoms with Crippen molar-refractivity contribution in [3.63, 3.8) is 0 Å².